The van der Waals surface area contributed by atoms with E-state index in [1.54, 1.807) is 18.4 Å². The number of rotatable bonds is 6. The molecule has 0 N–H and O–H groups in total. The summed E-state index contributed by atoms with van der Waals surface area (Å²) in [7, 11) is 1.62. The lowest BCUT2D eigenvalue weighted by atomic mass is 9.93. The molecule has 1 fully saturated rings. The van der Waals surface area contributed by atoms with Crippen molar-refractivity contribution in [1.82, 2.24) is 4.90 Å². The first-order valence-corrected chi connectivity index (χ1v) is 10.6. The molecular weight excluding hydrogens is 402 g/mol. The van der Waals surface area contributed by atoms with E-state index in [1.807, 2.05) is 47.4 Å². The van der Waals surface area contributed by atoms with Gasteiger partial charge < -0.3 is 23.8 Å². The normalized spacial score (nSPS) is 19.5. The summed E-state index contributed by atoms with van der Waals surface area (Å²) in [5.74, 6) is 2.82. The Hall–Kier alpha value is -3.19. The van der Waals surface area contributed by atoms with E-state index >= 15 is 0 Å². The van der Waals surface area contributed by atoms with Gasteiger partial charge in [0.2, 0.25) is 12.9 Å². The predicted molar refractivity (Wildman–Crippen MR) is 112 cm³/mol. The fourth-order valence-electron chi connectivity index (χ4n) is 3.81. The van der Waals surface area contributed by atoms with Crippen molar-refractivity contribution in [3.05, 3.63) is 69.9 Å². The first kappa shape index (κ1) is 18.8. The van der Waals surface area contributed by atoms with Crippen molar-refractivity contribution >= 4 is 17.2 Å². The van der Waals surface area contributed by atoms with Gasteiger partial charge in [0.15, 0.2) is 11.5 Å². The largest absolute Gasteiger partial charge is 0.497 e. The minimum absolute atomic E-state index is 0.0266. The lowest BCUT2D eigenvalue weighted by Crippen LogP contribution is -2.60. The molecule has 0 aliphatic carbocycles. The van der Waals surface area contributed by atoms with Crippen molar-refractivity contribution in [2.75, 3.05) is 13.9 Å². The quantitative estimate of drug-likeness (QED) is 0.553. The number of fused-ring (bicyclic) bond motifs is 1. The van der Waals surface area contributed by atoms with E-state index in [2.05, 4.69) is 18.4 Å². The van der Waals surface area contributed by atoms with Crippen LogP contribution in [0.5, 0.6) is 23.0 Å². The van der Waals surface area contributed by atoms with Crippen LogP contribution in [0, 0.1) is 6.92 Å². The molecule has 5 rings (SSSR count). The summed E-state index contributed by atoms with van der Waals surface area (Å²) in [6.45, 7) is 2.79. The third-order valence-corrected chi connectivity index (χ3v) is 6.52. The molecule has 6 nitrogen and oxygen atoms in total. The minimum atomic E-state index is -0.551. The molecule has 154 valence electrons. The second-order valence-electron chi connectivity index (χ2n) is 7.28. The van der Waals surface area contributed by atoms with Gasteiger partial charge in [-0.3, -0.25) is 4.79 Å². The van der Waals surface area contributed by atoms with E-state index in [0.29, 0.717) is 12.3 Å². The molecular formula is C23H21NO5S. The predicted octanol–water partition coefficient (Wildman–Crippen LogP) is 4.32. The first-order valence-electron chi connectivity index (χ1n) is 9.68. The molecule has 3 heterocycles. The van der Waals surface area contributed by atoms with E-state index < -0.39 is 6.10 Å². The second kappa shape index (κ2) is 7.57. The number of ether oxygens (including phenoxy) is 4. The van der Waals surface area contributed by atoms with Crippen LogP contribution in [0.15, 0.2) is 53.9 Å². The number of hydrogen-bond donors (Lipinski definition) is 0. The van der Waals surface area contributed by atoms with Gasteiger partial charge in [-0.05, 0) is 65.9 Å². The summed E-state index contributed by atoms with van der Waals surface area (Å²) in [5, 5.41) is 2.05. The molecule has 2 aliphatic heterocycles. The van der Waals surface area contributed by atoms with Gasteiger partial charge >= 0.3 is 0 Å². The number of nitrogens with zero attached hydrogens (tertiary/aromatic N) is 1. The van der Waals surface area contributed by atoms with Crippen LogP contribution in [0.4, 0.5) is 0 Å². The number of benzene rings is 2. The smallest absolute Gasteiger partial charge is 0.267 e. The van der Waals surface area contributed by atoms with E-state index in [1.165, 1.54) is 0 Å². The molecule has 0 unspecified atom stereocenters. The molecule has 0 saturated carbocycles. The van der Waals surface area contributed by atoms with Crippen LogP contribution in [-0.2, 0) is 11.3 Å². The summed E-state index contributed by atoms with van der Waals surface area (Å²) in [6.07, 6.45) is -0.551. The van der Waals surface area contributed by atoms with Crippen LogP contribution < -0.4 is 18.9 Å². The SMILES string of the molecule is COc1ccc(O[C@@H]2C(=O)N(Cc3ccc4c(c3)OCO4)[C@@H]2c2sccc2C)cc1. The van der Waals surface area contributed by atoms with Crippen LogP contribution >= 0.6 is 11.3 Å². The van der Waals surface area contributed by atoms with Gasteiger partial charge in [0.1, 0.15) is 17.5 Å². The van der Waals surface area contributed by atoms with Crippen molar-refractivity contribution < 1.29 is 23.7 Å². The van der Waals surface area contributed by atoms with Gasteiger partial charge in [0.25, 0.3) is 5.91 Å². The molecule has 2 atom stereocenters. The van der Waals surface area contributed by atoms with Crippen LogP contribution in [0.25, 0.3) is 0 Å². The standard InChI is InChI=1S/C23H21NO5S/c1-14-9-10-30-22(14)20-21(29-17-6-4-16(26-2)5-7-17)23(25)24(20)12-15-3-8-18-19(11-15)28-13-27-18/h3-11,20-21H,12-13H2,1-2H3/t20-,21-/m0/s1. The van der Waals surface area contributed by atoms with Crippen LogP contribution in [0.1, 0.15) is 22.0 Å². The maximum atomic E-state index is 13.1. The molecule has 0 radical (unpaired) electrons. The Kier molecular flexibility index (Phi) is 4.75. The molecule has 0 bridgehead atoms. The number of aryl methyl sites for hydroxylation is 1. The summed E-state index contributed by atoms with van der Waals surface area (Å²) >= 11 is 1.65. The summed E-state index contributed by atoms with van der Waals surface area (Å²) in [4.78, 5) is 16.1. The molecule has 3 aromatic rings. The number of thiophene rings is 1. The first-order chi connectivity index (χ1) is 14.6. The molecule has 0 spiro atoms. The van der Waals surface area contributed by atoms with Crippen molar-refractivity contribution in [3.63, 3.8) is 0 Å². The molecule has 2 aliphatic rings. The van der Waals surface area contributed by atoms with Gasteiger partial charge in [0, 0.05) is 11.4 Å². The van der Waals surface area contributed by atoms with Gasteiger partial charge in [-0.1, -0.05) is 6.07 Å². The zero-order valence-electron chi connectivity index (χ0n) is 16.7. The van der Waals surface area contributed by atoms with Gasteiger partial charge in [-0.15, -0.1) is 11.3 Å². The topological polar surface area (TPSA) is 57.2 Å². The van der Waals surface area contributed by atoms with Crippen LogP contribution in [0.2, 0.25) is 0 Å². The van der Waals surface area contributed by atoms with Crippen molar-refractivity contribution in [2.24, 2.45) is 0 Å². The number of likely N-dealkylation sites (tertiary alicyclic amines) is 1. The Labute approximate surface area is 178 Å². The monoisotopic (exact) mass is 423 g/mol. The van der Waals surface area contributed by atoms with Crippen molar-refractivity contribution in [1.29, 1.82) is 0 Å². The summed E-state index contributed by atoms with van der Waals surface area (Å²) < 4.78 is 22.2. The second-order valence-corrected chi connectivity index (χ2v) is 8.23. The Morgan fingerprint density at radius 1 is 1.07 bits per heavy atom. The molecule has 2 aromatic carbocycles. The number of carbonyl (C=O) groups is 1. The molecule has 1 amide bonds. The Morgan fingerprint density at radius 2 is 1.83 bits per heavy atom. The van der Waals surface area contributed by atoms with E-state index in [-0.39, 0.29) is 18.7 Å². The third kappa shape index (κ3) is 3.25. The minimum Gasteiger partial charge on any atom is -0.497 e. The zero-order valence-corrected chi connectivity index (χ0v) is 17.5. The van der Waals surface area contributed by atoms with Crippen molar-refractivity contribution in [3.8, 4) is 23.0 Å². The molecule has 7 heteroatoms. The highest BCUT2D eigenvalue weighted by Gasteiger charge is 2.51. The highest BCUT2D eigenvalue weighted by atomic mass is 32.1. The number of methoxy groups -OCH3 is 1. The van der Waals surface area contributed by atoms with E-state index in [9.17, 15) is 4.79 Å². The Morgan fingerprint density at radius 3 is 2.57 bits per heavy atom. The Balaban J connectivity index is 1.39. The lowest BCUT2D eigenvalue weighted by Gasteiger charge is -2.46. The highest BCUT2D eigenvalue weighted by Crippen LogP contribution is 2.43. The Bertz CT molecular complexity index is 1080. The number of carbonyl (C=O) groups excluding carboxylic acids is 1. The summed E-state index contributed by atoms with van der Waals surface area (Å²) in [5.41, 5.74) is 2.16. The average molecular weight is 423 g/mol. The van der Waals surface area contributed by atoms with Crippen LogP contribution in [-0.4, -0.2) is 30.8 Å². The molecule has 1 saturated heterocycles. The maximum Gasteiger partial charge on any atom is 0.267 e. The average Bonchev–Trinajstić information content (AvgIpc) is 3.41. The fraction of sp³-hybridized carbons (Fsp3) is 0.261. The fourth-order valence-corrected chi connectivity index (χ4v) is 4.87. The molecule has 1 aromatic heterocycles. The number of hydrogen-bond acceptors (Lipinski definition) is 6. The highest BCUT2D eigenvalue weighted by molar-refractivity contribution is 7.10. The van der Waals surface area contributed by atoms with Gasteiger partial charge in [0.05, 0.1) is 7.11 Å². The number of β-lactam (4-membered cyclic amide) rings is 1. The zero-order chi connectivity index (χ0) is 20.7. The number of amides is 1. The van der Waals surface area contributed by atoms with E-state index in [4.69, 9.17) is 18.9 Å². The lowest BCUT2D eigenvalue weighted by molar-refractivity contribution is -0.165. The molecule has 30 heavy (non-hydrogen) atoms. The third-order valence-electron chi connectivity index (χ3n) is 5.43. The van der Waals surface area contributed by atoms with Gasteiger partial charge in [-0.2, -0.15) is 0 Å². The van der Waals surface area contributed by atoms with Crippen molar-refractivity contribution in [2.45, 2.75) is 25.6 Å². The maximum absolute atomic E-state index is 13.1. The van der Waals surface area contributed by atoms with E-state index in [0.717, 1.165) is 33.3 Å². The van der Waals surface area contributed by atoms with Crippen LogP contribution in [0.3, 0.4) is 0 Å². The van der Waals surface area contributed by atoms with Gasteiger partial charge in [-0.25, -0.2) is 0 Å². The summed E-state index contributed by atoms with van der Waals surface area (Å²) in [6, 6.07) is 15.0.